The van der Waals surface area contributed by atoms with Gasteiger partial charge in [-0.05, 0) is 42.3 Å². The zero-order chi connectivity index (χ0) is 20.3. The lowest BCUT2D eigenvalue weighted by atomic mass is 10.0. The Morgan fingerprint density at radius 1 is 1.00 bits per heavy atom. The number of aliphatic carboxylic acids is 2. The molecule has 0 saturated heterocycles. The van der Waals surface area contributed by atoms with Crippen LogP contribution in [0.5, 0.6) is 11.5 Å². The van der Waals surface area contributed by atoms with Crippen molar-refractivity contribution < 1.29 is 33.7 Å². The van der Waals surface area contributed by atoms with Crippen LogP contribution in [0.1, 0.15) is 5.56 Å². The molecule has 0 unspecified atom stereocenters. The molecule has 0 aliphatic heterocycles. The standard InChI is InChI=1S/C20H16O8/c1-11-6-15-19(16(7-11)28-10-18(23)24)20(25)14(8-27-15)12-2-4-13(5-3-12)26-9-17(21)22/h2-8H,9-10H2,1H3,(H,21,22)(H,23,24). The van der Waals surface area contributed by atoms with Crippen molar-refractivity contribution in [3.8, 4) is 22.6 Å². The van der Waals surface area contributed by atoms with E-state index in [0.717, 1.165) is 5.56 Å². The van der Waals surface area contributed by atoms with Gasteiger partial charge in [-0.3, -0.25) is 4.79 Å². The fourth-order valence-electron chi connectivity index (χ4n) is 2.68. The molecule has 144 valence electrons. The van der Waals surface area contributed by atoms with Crippen molar-refractivity contribution in [1.29, 1.82) is 0 Å². The third-order valence-corrected chi connectivity index (χ3v) is 3.86. The number of carboxylic acids is 2. The lowest BCUT2D eigenvalue weighted by Crippen LogP contribution is -2.12. The molecule has 0 aliphatic carbocycles. The van der Waals surface area contributed by atoms with Gasteiger partial charge in [-0.25, -0.2) is 9.59 Å². The van der Waals surface area contributed by atoms with Gasteiger partial charge in [-0.1, -0.05) is 12.1 Å². The van der Waals surface area contributed by atoms with E-state index in [4.69, 9.17) is 24.1 Å². The van der Waals surface area contributed by atoms with Gasteiger partial charge in [0.15, 0.2) is 13.2 Å². The zero-order valence-corrected chi connectivity index (χ0v) is 14.8. The van der Waals surface area contributed by atoms with Crippen LogP contribution in [0.2, 0.25) is 0 Å². The van der Waals surface area contributed by atoms with E-state index >= 15 is 0 Å². The maximum absolute atomic E-state index is 13.0. The minimum atomic E-state index is -1.16. The number of aryl methyl sites for hydroxylation is 1. The van der Waals surface area contributed by atoms with Gasteiger partial charge in [0.1, 0.15) is 28.7 Å². The highest BCUT2D eigenvalue weighted by Crippen LogP contribution is 2.28. The summed E-state index contributed by atoms with van der Waals surface area (Å²) in [4.78, 5) is 34.4. The van der Waals surface area contributed by atoms with Gasteiger partial charge in [0.05, 0.1) is 5.56 Å². The number of hydrogen-bond acceptors (Lipinski definition) is 6. The first kappa shape index (κ1) is 19.0. The Labute approximate surface area is 158 Å². The van der Waals surface area contributed by atoms with Gasteiger partial charge in [0.2, 0.25) is 5.43 Å². The highest BCUT2D eigenvalue weighted by molar-refractivity contribution is 5.88. The van der Waals surface area contributed by atoms with E-state index in [9.17, 15) is 14.4 Å². The number of carbonyl (C=O) groups is 2. The van der Waals surface area contributed by atoms with Crippen molar-refractivity contribution in [1.82, 2.24) is 0 Å². The van der Waals surface area contributed by atoms with Crippen LogP contribution in [0, 0.1) is 6.92 Å². The lowest BCUT2D eigenvalue weighted by molar-refractivity contribution is -0.140. The summed E-state index contributed by atoms with van der Waals surface area (Å²) in [6.45, 7) is 0.718. The largest absolute Gasteiger partial charge is 0.482 e. The van der Waals surface area contributed by atoms with E-state index in [1.165, 1.54) is 6.26 Å². The van der Waals surface area contributed by atoms with Crippen LogP contribution < -0.4 is 14.9 Å². The van der Waals surface area contributed by atoms with Gasteiger partial charge in [-0.2, -0.15) is 0 Å². The summed E-state index contributed by atoms with van der Waals surface area (Å²) in [7, 11) is 0. The molecule has 1 heterocycles. The summed E-state index contributed by atoms with van der Waals surface area (Å²) in [5.74, 6) is -1.78. The van der Waals surface area contributed by atoms with Crippen molar-refractivity contribution in [3.63, 3.8) is 0 Å². The number of carboxylic acid groups (broad SMARTS) is 2. The normalized spacial score (nSPS) is 10.6. The molecule has 0 bridgehead atoms. The molecule has 0 fully saturated rings. The fourth-order valence-corrected chi connectivity index (χ4v) is 2.68. The van der Waals surface area contributed by atoms with Gasteiger partial charge >= 0.3 is 11.9 Å². The monoisotopic (exact) mass is 384 g/mol. The Balaban J connectivity index is 2.02. The molecule has 2 aromatic carbocycles. The smallest absolute Gasteiger partial charge is 0.341 e. The van der Waals surface area contributed by atoms with Crippen molar-refractivity contribution in [2.24, 2.45) is 0 Å². The predicted molar refractivity (Wildman–Crippen MR) is 98.9 cm³/mol. The van der Waals surface area contributed by atoms with Crippen molar-refractivity contribution >= 4 is 22.9 Å². The van der Waals surface area contributed by atoms with Crippen LogP contribution in [0.25, 0.3) is 22.1 Å². The SMILES string of the molecule is Cc1cc(OCC(=O)O)c2c(=O)c(-c3ccc(OCC(=O)O)cc3)coc2c1. The third kappa shape index (κ3) is 4.12. The van der Waals surface area contributed by atoms with Gasteiger partial charge in [0, 0.05) is 0 Å². The average molecular weight is 384 g/mol. The van der Waals surface area contributed by atoms with Crippen LogP contribution in [-0.4, -0.2) is 35.4 Å². The number of fused-ring (bicyclic) bond motifs is 1. The first-order valence-electron chi connectivity index (χ1n) is 8.21. The summed E-state index contributed by atoms with van der Waals surface area (Å²) in [6.07, 6.45) is 1.32. The summed E-state index contributed by atoms with van der Waals surface area (Å²) in [5.41, 5.74) is 1.45. The Hall–Kier alpha value is -3.81. The highest BCUT2D eigenvalue weighted by Gasteiger charge is 2.15. The predicted octanol–water partition coefficient (Wildman–Crippen LogP) is 2.70. The highest BCUT2D eigenvalue weighted by atomic mass is 16.5. The molecule has 0 amide bonds. The molecule has 0 aliphatic rings. The molecule has 28 heavy (non-hydrogen) atoms. The second-order valence-corrected chi connectivity index (χ2v) is 6.00. The molecule has 3 aromatic rings. The average Bonchev–Trinajstić information content (AvgIpc) is 2.65. The van der Waals surface area contributed by atoms with Crippen LogP contribution >= 0.6 is 0 Å². The molecule has 1 aromatic heterocycles. The third-order valence-electron chi connectivity index (χ3n) is 3.86. The van der Waals surface area contributed by atoms with Crippen LogP contribution in [-0.2, 0) is 9.59 Å². The molecule has 3 rings (SSSR count). The lowest BCUT2D eigenvalue weighted by Gasteiger charge is -2.10. The van der Waals surface area contributed by atoms with Crippen LogP contribution in [0.3, 0.4) is 0 Å². The second-order valence-electron chi connectivity index (χ2n) is 6.00. The first-order chi connectivity index (χ1) is 13.3. The first-order valence-corrected chi connectivity index (χ1v) is 8.21. The Morgan fingerprint density at radius 3 is 2.29 bits per heavy atom. The minimum absolute atomic E-state index is 0.134. The molecule has 0 saturated carbocycles. The fraction of sp³-hybridized carbons (Fsp3) is 0.150. The molecule has 0 radical (unpaired) electrons. The Kier molecular flexibility index (Phi) is 5.30. The maximum Gasteiger partial charge on any atom is 0.341 e. The summed E-state index contributed by atoms with van der Waals surface area (Å²) < 4.78 is 15.9. The summed E-state index contributed by atoms with van der Waals surface area (Å²) >= 11 is 0. The minimum Gasteiger partial charge on any atom is -0.482 e. The quantitative estimate of drug-likeness (QED) is 0.637. The van der Waals surface area contributed by atoms with E-state index in [-0.39, 0.29) is 27.7 Å². The molecule has 0 atom stereocenters. The number of ether oxygens (including phenoxy) is 2. The number of rotatable bonds is 7. The van der Waals surface area contributed by atoms with E-state index in [1.54, 1.807) is 43.3 Å². The van der Waals surface area contributed by atoms with Crippen LogP contribution in [0.4, 0.5) is 0 Å². The van der Waals surface area contributed by atoms with Crippen LogP contribution in [0.15, 0.2) is 51.9 Å². The molecule has 0 spiro atoms. The van der Waals surface area contributed by atoms with Gasteiger partial charge in [0.25, 0.3) is 0 Å². The number of hydrogen-bond donors (Lipinski definition) is 2. The van der Waals surface area contributed by atoms with Crippen molar-refractivity contribution in [2.45, 2.75) is 6.92 Å². The molecule has 2 N–H and O–H groups in total. The number of benzene rings is 2. The maximum atomic E-state index is 13.0. The topological polar surface area (TPSA) is 123 Å². The Morgan fingerprint density at radius 2 is 1.64 bits per heavy atom. The second kappa shape index (κ2) is 7.83. The van der Waals surface area contributed by atoms with E-state index in [1.807, 2.05) is 0 Å². The van der Waals surface area contributed by atoms with Gasteiger partial charge in [-0.15, -0.1) is 0 Å². The summed E-state index contributed by atoms with van der Waals surface area (Å²) in [5, 5.41) is 17.6. The van der Waals surface area contributed by atoms with Crippen molar-refractivity contribution in [2.75, 3.05) is 13.2 Å². The molecule has 8 heteroatoms. The molecular formula is C20H16O8. The van der Waals surface area contributed by atoms with E-state index in [2.05, 4.69) is 0 Å². The zero-order valence-electron chi connectivity index (χ0n) is 14.8. The van der Waals surface area contributed by atoms with Crippen molar-refractivity contribution in [3.05, 3.63) is 58.4 Å². The van der Waals surface area contributed by atoms with E-state index < -0.39 is 25.2 Å². The Bertz CT molecular complexity index is 1100. The van der Waals surface area contributed by atoms with E-state index in [0.29, 0.717) is 11.3 Å². The van der Waals surface area contributed by atoms with Gasteiger partial charge < -0.3 is 24.1 Å². The summed E-state index contributed by atoms with van der Waals surface area (Å²) in [6, 6.07) is 9.52. The molecule has 8 nitrogen and oxygen atoms in total. The molecular weight excluding hydrogens is 368 g/mol.